The molecule has 2 heterocycles. The van der Waals surface area contributed by atoms with Gasteiger partial charge in [-0.3, -0.25) is 4.90 Å². The second kappa shape index (κ2) is 5.76. The van der Waals surface area contributed by atoms with Crippen molar-refractivity contribution >= 4 is 27.3 Å². The minimum absolute atomic E-state index is 0.155. The second-order valence-electron chi connectivity index (χ2n) is 5.74. The van der Waals surface area contributed by atoms with Gasteiger partial charge in [-0.1, -0.05) is 18.0 Å². The molecule has 0 saturated carbocycles. The molecular formula is C14H20ClN3O2S. The number of halogens is 1. The molecule has 3 rings (SSSR count). The number of nitrogen functional groups attached to an aromatic ring is 1. The summed E-state index contributed by atoms with van der Waals surface area (Å²) in [5.41, 5.74) is 6.11. The van der Waals surface area contributed by atoms with Crippen LogP contribution in [0.15, 0.2) is 23.1 Å². The van der Waals surface area contributed by atoms with Crippen molar-refractivity contribution in [3.63, 3.8) is 0 Å². The summed E-state index contributed by atoms with van der Waals surface area (Å²) >= 11 is 6.07. The molecule has 5 nitrogen and oxygen atoms in total. The van der Waals surface area contributed by atoms with Crippen LogP contribution in [-0.4, -0.2) is 49.8 Å². The number of anilines is 1. The molecule has 116 valence electrons. The van der Waals surface area contributed by atoms with Crippen LogP contribution in [0, 0.1) is 0 Å². The summed E-state index contributed by atoms with van der Waals surface area (Å²) < 4.78 is 27.1. The zero-order chi connectivity index (χ0) is 15.0. The van der Waals surface area contributed by atoms with Crippen molar-refractivity contribution in [1.82, 2.24) is 9.21 Å². The molecule has 1 aromatic carbocycles. The Balaban J connectivity index is 1.85. The van der Waals surface area contributed by atoms with Gasteiger partial charge in [-0.25, -0.2) is 8.42 Å². The van der Waals surface area contributed by atoms with Crippen LogP contribution >= 0.6 is 11.6 Å². The highest BCUT2D eigenvalue weighted by Gasteiger charge is 2.35. The first-order valence-corrected chi connectivity index (χ1v) is 9.09. The first-order chi connectivity index (χ1) is 9.98. The Labute approximate surface area is 130 Å². The summed E-state index contributed by atoms with van der Waals surface area (Å²) in [6, 6.07) is 4.91. The topological polar surface area (TPSA) is 66.6 Å². The molecule has 2 aliphatic rings. The predicted octanol–water partition coefficient (Wildman–Crippen LogP) is 1.78. The normalized spacial score (nSPS) is 24.7. The molecule has 2 aliphatic heterocycles. The minimum atomic E-state index is -3.54. The van der Waals surface area contributed by atoms with Crippen LogP contribution in [0.3, 0.4) is 0 Å². The Morgan fingerprint density at radius 2 is 2.00 bits per heavy atom. The van der Waals surface area contributed by atoms with Crippen molar-refractivity contribution in [2.75, 3.05) is 31.9 Å². The third-order valence-corrected chi connectivity index (χ3v) is 6.72. The van der Waals surface area contributed by atoms with Crippen LogP contribution in [0.1, 0.15) is 19.3 Å². The van der Waals surface area contributed by atoms with Crippen molar-refractivity contribution in [3.8, 4) is 0 Å². The van der Waals surface area contributed by atoms with Gasteiger partial charge in [0.15, 0.2) is 0 Å². The smallest absolute Gasteiger partial charge is 0.244 e. The summed E-state index contributed by atoms with van der Waals surface area (Å²) in [5, 5.41) is 0.195. The summed E-state index contributed by atoms with van der Waals surface area (Å²) in [6.07, 6.45) is 3.46. The lowest BCUT2D eigenvalue weighted by atomic mass is 10.0. The summed E-state index contributed by atoms with van der Waals surface area (Å²) in [4.78, 5) is 2.56. The van der Waals surface area contributed by atoms with E-state index in [9.17, 15) is 8.42 Å². The Kier molecular flexibility index (Phi) is 4.14. The average molecular weight is 330 g/mol. The summed E-state index contributed by atoms with van der Waals surface area (Å²) in [6.45, 7) is 2.97. The first-order valence-electron chi connectivity index (χ1n) is 7.28. The lowest BCUT2D eigenvalue weighted by Crippen LogP contribution is -2.56. The molecule has 0 amide bonds. The Bertz CT molecular complexity index is 635. The quantitative estimate of drug-likeness (QED) is 0.840. The fourth-order valence-electron chi connectivity index (χ4n) is 3.21. The molecule has 1 aromatic rings. The van der Waals surface area contributed by atoms with Gasteiger partial charge >= 0.3 is 0 Å². The van der Waals surface area contributed by atoms with Crippen LogP contribution in [-0.2, 0) is 10.0 Å². The SMILES string of the molecule is Nc1ccc(S(=O)(=O)N2CCN3CCCCC3C2)c(Cl)c1. The lowest BCUT2D eigenvalue weighted by Gasteiger charge is -2.43. The number of rotatable bonds is 2. The van der Waals surface area contributed by atoms with E-state index in [0.29, 0.717) is 24.8 Å². The van der Waals surface area contributed by atoms with Gasteiger partial charge in [0.2, 0.25) is 10.0 Å². The fourth-order valence-corrected chi connectivity index (χ4v) is 5.21. The number of fused-ring (bicyclic) bond motifs is 1. The van der Waals surface area contributed by atoms with Crippen molar-refractivity contribution in [2.24, 2.45) is 0 Å². The average Bonchev–Trinajstić information content (AvgIpc) is 2.46. The van der Waals surface area contributed by atoms with Crippen molar-refractivity contribution in [2.45, 2.75) is 30.2 Å². The van der Waals surface area contributed by atoms with E-state index in [1.165, 1.54) is 25.0 Å². The van der Waals surface area contributed by atoms with Crippen LogP contribution in [0.5, 0.6) is 0 Å². The predicted molar refractivity (Wildman–Crippen MR) is 83.8 cm³/mol. The fraction of sp³-hybridized carbons (Fsp3) is 0.571. The van der Waals surface area contributed by atoms with E-state index in [0.717, 1.165) is 19.5 Å². The highest BCUT2D eigenvalue weighted by molar-refractivity contribution is 7.89. The number of hydrogen-bond donors (Lipinski definition) is 1. The minimum Gasteiger partial charge on any atom is -0.399 e. The van der Waals surface area contributed by atoms with E-state index in [1.54, 1.807) is 10.4 Å². The van der Waals surface area contributed by atoms with E-state index in [1.807, 2.05) is 0 Å². The van der Waals surface area contributed by atoms with Crippen molar-refractivity contribution in [1.29, 1.82) is 0 Å². The second-order valence-corrected chi connectivity index (χ2v) is 8.05. The maximum absolute atomic E-state index is 12.8. The monoisotopic (exact) mass is 329 g/mol. The first kappa shape index (κ1) is 15.1. The third-order valence-electron chi connectivity index (χ3n) is 4.37. The van der Waals surface area contributed by atoms with Gasteiger partial charge in [-0.15, -0.1) is 0 Å². The van der Waals surface area contributed by atoms with Gasteiger partial charge in [-0.2, -0.15) is 4.31 Å². The van der Waals surface area contributed by atoms with Crippen LogP contribution in [0.2, 0.25) is 5.02 Å². The van der Waals surface area contributed by atoms with Gasteiger partial charge in [0.25, 0.3) is 0 Å². The van der Waals surface area contributed by atoms with E-state index in [2.05, 4.69) is 4.90 Å². The lowest BCUT2D eigenvalue weighted by molar-refractivity contribution is 0.0852. The van der Waals surface area contributed by atoms with Crippen molar-refractivity contribution in [3.05, 3.63) is 23.2 Å². The van der Waals surface area contributed by atoms with E-state index >= 15 is 0 Å². The molecular weight excluding hydrogens is 310 g/mol. The highest BCUT2D eigenvalue weighted by Crippen LogP contribution is 2.29. The molecule has 1 atom stereocenters. The molecule has 0 radical (unpaired) electrons. The standard InChI is InChI=1S/C14H20ClN3O2S/c15-13-9-11(16)4-5-14(13)21(19,20)18-8-7-17-6-2-1-3-12(17)10-18/h4-5,9,12H,1-3,6-8,10,16H2. The summed E-state index contributed by atoms with van der Waals surface area (Å²) in [5.74, 6) is 0. The van der Waals surface area contributed by atoms with Gasteiger partial charge in [0.1, 0.15) is 4.90 Å². The number of piperidine rings is 1. The Morgan fingerprint density at radius 1 is 1.19 bits per heavy atom. The van der Waals surface area contributed by atoms with Gasteiger partial charge in [0, 0.05) is 31.4 Å². The molecule has 0 aromatic heterocycles. The number of piperazine rings is 1. The Morgan fingerprint density at radius 3 is 2.76 bits per heavy atom. The Hall–Kier alpha value is -0.820. The largest absolute Gasteiger partial charge is 0.399 e. The molecule has 0 spiro atoms. The number of sulfonamides is 1. The van der Waals surface area contributed by atoms with E-state index in [-0.39, 0.29) is 9.92 Å². The van der Waals surface area contributed by atoms with E-state index < -0.39 is 10.0 Å². The number of benzene rings is 1. The van der Waals surface area contributed by atoms with Crippen molar-refractivity contribution < 1.29 is 8.42 Å². The molecule has 0 bridgehead atoms. The third kappa shape index (κ3) is 2.90. The molecule has 2 N–H and O–H groups in total. The molecule has 1 unspecified atom stereocenters. The highest BCUT2D eigenvalue weighted by atomic mass is 35.5. The molecule has 21 heavy (non-hydrogen) atoms. The number of hydrogen-bond acceptors (Lipinski definition) is 4. The zero-order valence-electron chi connectivity index (χ0n) is 11.8. The maximum atomic E-state index is 12.8. The van der Waals surface area contributed by atoms with Gasteiger partial charge < -0.3 is 5.73 Å². The number of nitrogens with zero attached hydrogens (tertiary/aromatic N) is 2. The van der Waals surface area contributed by atoms with Crippen LogP contribution in [0.4, 0.5) is 5.69 Å². The maximum Gasteiger partial charge on any atom is 0.244 e. The zero-order valence-corrected chi connectivity index (χ0v) is 13.4. The molecule has 7 heteroatoms. The van der Waals surface area contributed by atoms with Crippen LogP contribution < -0.4 is 5.73 Å². The molecule has 2 fully saturated rings. The van der Waals surface area contributed by atoms with Crippen LogP contribution in [0.25, 0.3) is 0 Å². The van der Waals surface area contributed by atoms with E-state index in [4.69, 9.17) is 17.3 Å². The van der Waals surface area contributed by atoms with Gasteiger partial charge in [-0.05, 0) is 37.6 Å². The molecule has 0 aliphatic carbocycles. The van der Waals surface area contributed by atoms with Gasteiger partial charge in [0.05, 0.1) is 5.02 Å². The summed E-state index contributed by atoms with van der Waals surface area (Å²) in [7, 11) is -3.54. The molecule has 2 saturated heterocycles. The number of nitrogens with two attached hydrogens (primary N) is 1.